The third-order valence-corrected chi connectivity index (χ3v) is 5.07. The van der Waals surface area contributed by atoms with Gasteiger partial charge in [0, 0.05) is 18.7 Å². The minimum Gasteiger partial charge on any atom is -0.355 e. The van der Waals surface area contributed by atoms with Crippen molar-refractivity contribution in [1.29, 1.82) is 0 Å². The highest BCUT2D eigenvalue weighted by Gasteiger charge is 2.44. The number of rotatable bonds is 5. The molecule has 2 atom stereocenters. The molecule has 2 unspecified atom stereocenters. The Morgan fingerprint density at radius 3 is 2.68 bits per heavy atom. The van der Waals surface area contributed by atoms with Crippen molar-refractivity contribution >= 4 is 26.5 Å². The standard InChI is InChI=1S/C17H19NO3S/c1-22(20,21)10-9-18-17(19)16-11-15(16)14-8-4-6-12-5-2-3-7-13(12)14/h2-8,15-16H,9-11H2,1H3,(H,18,19). The zero-order valence-electron chi connectivity index (χ0n) is 12.5. The van der Waals surface area contributed by atoms with Gasteiger partial charge in [-0.15, -0.1) is 0 Å². The molecule has 0 heterocycles. The smallest absolute Gasteiger partial charge is 0.223 e. The summed E-state index contributed by atoms with van der Waals surface area (Å²) in [5.41, 5.74) is 1.21. The largest absolute Gasteiger partial charge is 0.355 e. The molecule has 1 amide bonds. The molecule has 0 saturated heterocycles. The number of nitrogens with one attached hydrogen (secondary N) is 1. The molecule has 3 rings (SSSR count). The first-order chi connectivity index (χ1) is 10.5. The van der Waals surface area contributed by atoms with E-state index < -0.39 is 9.84 Å². The molecule has 1 fully saturated rings. The van der Waals surface area contributed by atoms with Gasteiger partial charge in [-0.3, -0.25) is 4.79 Å². The second-order valence-corrected chi connectivity index (χ2v) is 8.20. The molecule has 0 bridgehead atoms. The lowest BCUT2D eigenvalue weighted by Crippen LogP contribution is -2.30. The molecular weight excluding hydrogens is 298 g/mol. The van der Waals surface area contributed by atoms with E-state index in [1.54, 1.807) is 0 Å². The van der Waals surface area contributed by atoms with Crippen molar-refractivity contribution in [2.75, 3.05) is 18.6 Å². The zero-order chi connectivity index (χ0) is 15.7. The van der Waals surface area contributed by atoms with Crippen LogP contribution in [0, 0.1) is 5.92 Å². The summed E-state index contributed by atoms with van der Waals surface area (Å²) in [6.07, 6.45) is 2.01. The Morgan fingerprint density at radius 1 is 1.18 bits per heavy atom. The third-order valence-electron chi connectivity index (χ3n) is 4.12. The summed E-state index contributed by atoms with van der Waals surface area (Å²) < 4.78 is 22.2. The first kappa shape index (κ1) is 15.0. The van der Waals surface area contributed by atoms with Gasteiger partial charge in [0.2, 0.25) is 5.91 Å². The van der Waals surface area contributed by atoms with Gasteiger partial charge in [0.15, 0.2) is 0 Å². The van der Waals surface area contributed by atoms with Crippen LogP contribution in [0.2, 0.25) is 0 Å². The topological polar surface area (TPSA) is 63.2 Å². The summed E-state index contributed by atoms with van der Waals surface area (Å²) in [4.78, 5) is 12.1. The SMILES string of the molecule is CS(=O)(=O)CCNC(=O)C1CC1c1cccc2ccccc12. The number of amides is 1. The zero-order valence-corrected chi connectivity index (χ0v) is 13.3. The van der Waals surface area contributed by atoms with Crippen molar-refractivity contribution in [2.45, 2.75) is 12.3 Å². The van der Waals surface area contributed by atoms with Crippen molar-refractivity contribution < 1.29 is 13.2 Å². The maximum Gasteiger partial charge on any atom is 0.223 e. The van der Waals surface area contributed by atoms with Crippen LogP contribution in [0.5, 0.6) is 0 Å². The van der Waals surface area contributed by atoms with Crippen LogP contribution in [0.4, 0.5) is 0 Å². The Labute approximate surface area is 130 Å². The fraction of sp³-hybridized carbons (Fsp3) is 0.353. The highest BCUT2D eigenvalue weighted by molar-refractivity contribution is 7.90. The minimum absolute atomic E-state index is 0.00953. The highest BCUT2D eigenvalue weighted by atomic mass is 32.2. The Hall–Kier alpha value is -1.88. The van der Waals surface area contributed by atoms with E-state index in [0.29, 0.717) is 0 Å². The lowest BCUT2D eigenvalue weighted by Gasteiger charge is -2.07. The molecule has 1 N–H and O–H groups in total. The average molecular weight is 317 g/mol. The normalized spacial score (nSPS) is 20.8. The molecule has 0 aliphatic heterocycles. The molecule has 0 spiro atoms. The third kappa shape index (κ3) is 3.30. The van der Waals surface area contributed by atoms with Crippen LogP contribution < -0.4 is 5.32 Å². The summed E-state index contributed by atoms with van der Waals surface area (Å²) in [6.45, 7) is 0.191. The van der Waals surface area contributed by atoms with E-state index in [0.717, 1.165) is 6.42 Å². The van der Waals surface area contributed by atoms with Crippen molar-refractivity contribution in [3.8, 4) is 0 Å². The number of sulfone groups is 1. The second-order valence-electron chi connectivity index (χ2n) is 5.94. The maximum absolute atomic E-state index is 12.1. The van der Waals surface area contributed by atoms with Crippen LogP contribution in [0.1, 0.15) is 17.9 Å². The van der Waals surface area contributed by atoms with Crippen LogP contribution in [0.15, 0.2) is 42.5 Å². The van der Waals surface area contributed by atoms with Crippen molar-refractivity contribution in [3.63, 3.8) is 0 Å². The van der Waals surface area contributed by atoms with E-state index in [9.17, 15) is 13.2 Å². The fourth-order valence-corrected chi connectivity index (χ4v) is 3.37. The maximum atomic E-state index is 12.1. The van der Waals surface area contributed by atoms with Crippen molar-refractivity contribution in [3.05, 3.63) is 48.0 Å². The van der Waals surface area contributed by atoms with Crippen LogP contribution in [0.3, 0.4) is 0 Å². The first-order valence-electron chi connectivity index (χ1n) is 7.39. The number of carbonyl (C=O) groups is 1. The van der Waals surface area contributed by atoms with Gasteiger partial charge in [-0.05, 0) is 28.7 Å². The lowest BCUT2D eigenvalue weighted by atomic mass is 10.00. The molecule has 2 aromatic carbocycles. The Kier molecular flexibility index (Phi) is 3.91. The summed E-state index contributed by atoms with van der Waals surface area (Å²) in [7, 11) is -3.03. The second kappa shape index (κ2) is 5.72. The fourth-order valence-electron chi connectivity index (χ4n) is 2.89. The summed E-state index contributed by atoms with van der Waals surface area (Å²) >= 11 is 0. The molecule has 4 nitrogen and oxygen atoms in total. The summed E-state index contributed by atoms with van der Waals surface area (Å²) in [5, 5.41) is 5.11. The van der Waals surface area contributed by atoms with E-state index in [4.69, 9.17) is 0 Å². The molecule has 1 aliphatic carbocycles. The van der Waals surface area contributed by atoms with Gasteiger partial charge in [-0.1, -0.05) is 42.5 Å². The van der Waals surface area contributed by atoms with Crippen LogP contribution in [-0.2, 0) is 14.6 Å². The number of fused-ring (bicyclic) bond motifs is 1. The van der Waals surface area contributed by atoms with Gasteiger partial charge >= 0.3 is 0 Å². The summed E-state index contributed by atoms with van der Waals surface area (Å²) in [6, 6.07) is 14.3. The van der Waals surface area contributed by atoms with Gasteiger partial charge in [0.25, 0.3) is 0 Å². The number of carbonyl (C=O) groups excluding carboxylic acids is 1. The van der Waals surface area contributed by atoms with E-state index in [-0.39, 0.29) is 30.0 Å². The molecule has 0 aromatic heterocycles. The summed E-state index contributed by atoms with van der Waals surface area (Å²) in [5.74, 6) is 0.154. The Bertz CT molecular complexity index is 808. The van der Waals surface area contributed by atoms with Crippen LogP contribution >= 0.6 is 0 Å². The average Bonchev–Trinajstić information content (AvgIpc) is 3.25. The number of hydrogen-bond acceptors (Lipinski definition) is 3. The van der Waals surface area contributed by atoms with Gasteiger partial charge in [0.05, 0.1) is 5.75 Å². The van der Waals surface area contributed by atoms with E-state index in [1.807, 2.05) is 18.2 Å². The molecule has 2 aromatic rings. The highest BCUT2D eigenvalue weighted by Crippen LogP contribution is 2.49. The predicted octanol–water partition coefficient (Wildman–Crippen LogP) is 2.10. The molecular formula is C17H19NO3S. The van der Waals surface area contributed by atoms with Crippen molar-refractivity contribution in [2.24, 2.45) is 5.92 Å². The van der Waals surface area contributed by atoms with Crippen LogP contribution in [-0.4, -0.2) is 32.9 Å². The van der Waals surface area contributed by atoms with Gasteiger partial charge in [-0.2, -0.15) is 0 Å². The lowest BCUT2D eigenvalue weighted by molar-refractivity contribution is -0.122. The van der Waals surface area contributed by atoms with E-state index in [1.165, 1.54) is 22.6 Å². The first-order valence-corrected chi connectivity index (χ1v) is 9.45. The van der Waals surface area contributed by atoms with Gasteiger partial charge < -0.3 is 5.32 Å². The minimum atomic E-state index is -3.03. The van der Waals surface area contributed by atoms with E-state index >= 15 is 0 Å². The molecule has 0 radical (unpaired) electrons. The molecule has 1 aliphatic rings. The van der Waals surface area contributed by atoms with Crippen molar-refractivity contribution in [1.82, 2.24) is 5.32 Å². The number of hydrogen-bond donors (Lipinski definition) is 1. The van der Waals surface area contributed by atoms with Gasteiger partial charge in [-0.25, -0.2) is 8.42 Å². The number of benzene rings is 2. The molecule has 5 heteroatoms. The van der Waals surface area contributed by atoms with Gasteiger partial charge in [0.1, 0.15) is 9.84 Å². The monoisotopic (exact) mass is 317 g/mol. The van der Waals surface area contributed by atoms with E-state index in [2.05, 4.69) is 29.6 Å². The predicted molar refractivity (Wildman–Crippen MR) is 87.5 cm³/mol. The molecule has 116 valence electrons. The Morgan fingerprint density at radius 2 is 1.91 bits per heavy atom. The quantitative estimate of drug-likeness (QED) is 0.918. The van der Waals surface area contributed by atoms with Crippen LogP contribution in [0.25, 0.3) is 10.8 Å². The molecule has 1 saturated carbocycles. The molecule has 22 heavy (non-hydrogen) atoms. The Balaban J connectivity index is 1.67.